The third-order valence-corrected chi connectivity index (χ3v) is 7.28. The van der Waals surface area contributed by atoms with E-state index < -0.39 is 13.9 Å². The summed E-state index contributed by atoms with van der Waals surface area (Å²) in [5, 5.41) is 0. The normalized spacial score (nSPS) is 17.8. The highest BCUT2D eigenvalue weighted by molar-refractivity contribution is 7.32. The molecule has 0 aromatic carbocycles. The molecule has 3 nitrogen and oxygen atoms in total. The van der Waals surface area contributed by atoms with Gasteiger partial charge in [-0.05, 0) is 37.0 Å². The highest BCUT2D eigenvalue weighted by Crippen LogP contribution is 2.47. The lowest BCUT2D eigenvalue weighted by atomic mass is 9.70. The van der Waals surface area contributed by atoms with Crippen LogP contribution in [0.15, 0.2) is 0 Å². The molecule has 0 fully saturated rings. The smallest absolute Gasteiger partial charge is 0.133 e. The summed E-state index contributed by atoms with van der Waals surface area (Å²) in [5.74, 6) is 1.52. The summed E-state index contributed by atoms with van der Waals surface area (Å²) in [6, 6.07) is 0. The van der Waals surface area contributed by atoms with Crippen molar-refractivity contribution in [3.05, 3.63) is 0 Å². The Labute approximate surface area is 177 Å². The van der Waals surface area contributed by atoms with Crippen LogP contribution < -0.4 is 0 Å². The maximum atomic E-state index is 12.0. The van der Waals surface area contributed by atoms with Gasteiger partial charge < -0.3 is 0 Å². The summed E-state index contributed by atoms with van der Waals surface area (Å²) in [6.07, 6.45) is 15.9. The lowest BCUT2D eigenvalue weighted by Crippen LogP contribution is -2.43. The van der Waals surface area contributed by atoms with Crippen molar-refractivity contribution in [1.82, 2.24) is 0 Å². The molecule has 0 saturated carbocycles. The second kappa shape index (κ2) is 16.8. The van der Waals surface area contributed by atoms with Gasteiger partial charge in [0.1, 0.15) is 5.60 Å². The van der Waals surface area contributed by atoms with Crippen LogP contribution in [-0.2, 0) is 9.09 Å². The van der Waals surface area contributed by atoms with Crippen LogP contribution in [-0.4, -0.2) is 10.5 Å². The van der Waals surface area contributed by atoms with Crippen LogP contribution in [0, 0.1) is 17.8 Å². The Morgan fingerprint density at radius 2 is 1.18 bits per heavy atom. The number of rotatable bonds is 19. The Morgan fingerprint density at radius 1 is 0.750 bits per heavy atom. The van der Waals surface area contributed by atoms with E-state index in [1.165, 1.54) is 44.9 Å². The SMILES string of the molecule is CCCCC(CC)CC(CC(CC)CCCC)(O[P+](=O)O)C(CC)CCCC. The van der Waals surface area contributed by atoms with Gasteiger partial charge in [-0.1, -0.05) is 112 Å². The van der Waals surface area contributed by atoms with E-state index in [0.29, 0.717) is 17.8 Å². The zero-order valence-electron chi connectivity index (χ0n) is 19.8. The van der Waals surface area contributed by atoms with Crippen molar-refractivity contribution < 1.29 is 14.0 Å². The van der Waals surface area contributed by atoms with Gasteiger partial charge in [-0.2, -0.15) is 0 Å². The zero-order chi connectivity index (χ0) is 21.4. The van der Waals surface area contributed by atoms with Gasteiger partial charge >= 0.3 is 8.25 Å². The maximum Gasteiger partial charge on any atom is 0.695 e. The molecule has 0 aliphatic carbocycles. The molecule has 0 heterocycles. The Bertz CT molecular complexity index is 368. The van der Waals surface area contributed by atoms with E-state index in [1.807, 2.05) is 0 Å². The molecule has 168 valence electrons. The number of hydrogen-bond acceptors (Lipinski definition) is 2. The van der Waals surface area contributed by atoms with Crippen LogP contribution >= 0.6 is 8.25 Å². The molecule has 1 N–H and O–H groups in total. The van der Waals surface area contributed by atoms with Crippen LogP contribution in [0.2, 0.25) is 0 Å². The predicted octanol–water partition coefficient (Wildman–Crippen LogP) is 8.82. The second-order valence-corrected chi connectivity index (χ2v) is 9.54. The van der Waals surface area contributed by atoms with Crippen molar-refractivity contribution in [2.45, 2.75) is 137 Å². The quantitative estimate of drug-likeness (QED) is 0.213. The van der Waals surface area contributed by atoms with Crippen molar-refractivity contribution in [1.29, 1.82) is 0 Å². The minimum atomic E-state index is -2.59. The van der Waals surface area contributed by atoms with Crippen LogP contribution in [0.25, 0.3) is 0 Å². The molecular formula is C24H50O3P+. The summed E-state index contributed by atoms with van der Waals surface area (Å²) in [4.78, 5) is 9.87. The van der Waals surface area contributed by atoms with Gasteiger partial charge in [0, 0.05) is 4.57 Å². The maximum absolute atomic E-state index is 12.0. The molecule has 0 aliphatic rings. The average Bonchev–Trinajstić information content (AvgIpc) is 2.68. The minimum Gasteiger partial charge on any atom is -0.133 e. The molecule has 4 unspecified atom stereocenters. The van der Waals surface area contributed by atoms with Gasteiger partial charge in [0.15, 0.2) is 0 Å². The molecule has 0 radical (unpaired) electrons. The van der Waals surface area contributed by atoms with E-state index in [1.54, 1.807) is 0 Å². The Morgan fingerprint density at radius 3 is 1.50 bits per heavy atom. The van der Waals surface area contributed by atoms with Crippen molar-refractivity contribution in [3.8, 4) is 0 Å². The van der Waals surface area contributed by atoms with Gasteiger partial charge in [0.2, 0.25) is 0 Å². The van der Waals surface area contributed by atoms with E-state index in [4.69, 9.17) is 4.52 Å². The van der Waals surface area contributed by atoms with Crippen LogP contribution in [0.1, 0.15) is 131 Å². The first-order valence-electron chi connectivity index (χ1n) is 12.3. The monoisotopic (exact) mass is 417 g/mol. The molecular weight excluding hydrogens is 367 g/mol. The standard InChI is InChI=1S/C24H49O3P/c1-7-13-16-21(10-4)19-24(27-28(25)26,23(12-6)18-15-9-3)20-22(11-5)17-14-8-2/h21-23H,7-20H2,1-6H3/p+1. The summed E-state index contributed by atoms with van der Waals surface area (Å²) in [7, 11) is -2.59. The average molecular weight is 418 g/mol. The third-order valence-electron chi connectivity index (χ3n) is 6.76. The number of hydrogen-bond donors (Lipinski definition) is 1. The van der Waals surface area contributed by atoms with Gasteiger partial charge in [0.25, 0.3) is 0 Å². The van der Waals surface area contributed by atoms with Crippen molar-refractivity contribution >= 4 is 8.25 Å². The topological polar surface area (TPSA) is 46.5 Å². The first-order valence-corrected chi connectivity index (χ1v) is 13.4. The van der Waals surface area contributed by atoms with Gasteiger partial charge in [0.05, 0.1) is 0 Å². The third kappa shape index (κ3) is 10.7. The molecule has 4 atom stereocenters. The Kier molecular flexibility index (Phi) is 16.8. The van der Waals surface area contributed by atoms with E-state index >= 15 is 0 Å². The van der Waals surface area contributed by atoms with E-state index in [9.17, 15) is 9.46 Å². The van der Waals surface area contributed by atoms with Gasteiger partial charge in [-0.15, -0.1) is 9.42 Å². The van der Waals surface area contributed by atoms with Crippen LogP contribution in [0.4, 0.5) is 0 Å². The lowest BCUT2D eigenvalue weighted by molar-refractivity contribution is -0.0440. The summed E-state index contributed by atoms with van der Waals surface area (Å²) in [5.41, 5.74) is -0.449. The van der Waals surface area contributed by atoms with Crippen LogP contribution in [0.5, 0.6) is 0 Å². The van der Waals surface area contributed by atoms with Gasteiger partial charge in [-0.25, -0.2) is 0 Å². The molecule has 0 spiro atoms. The summed E-state index contributed by atoms with van der Waals surface area (Å²) >= 11 is 0. The molecule has 0 bridgehead atoms. The number of unbranched alkanes of at least 4 members (excludes halogenated alkanes) is 3. The summed E-state index contributed by atoms with van der Waals surface area (Å²) in [6.45, 7) is 13.5. The molecule has 0 rings (SSSR count). The van der Waals surface area contributed by atoms with Gasteiger partial charge in [-0.3, -0.25) is 0 Å². The molecule has 0 aromatic heterocycles. The molecule has 0 amide bonds. The molecule has 4 heteroatoms. The minimum absolute atomic E-state index is 0.366. The predicted molar refractivity (Wildman–Crippen MR) is 123 cm³/mol. The lowest BCUT2D eigenvalue weighted by Gasteiger charge is -2.40. The van der Waals surface area contributed by atoms with E-state index in [0.717, 1.165) is 44.9 Å². The van der Waals surface area contributed by atoms with Crippen LogP contribution in [0.3, 0.4) is 0 Å². The fourth-order valence-electron chi connectivity index (χ4n) is 4.87. The Balaban J connectivity index is 5.83. The highest BCUT2D eigenvalue weighted by Gasteiger charge is 2.48. The van der Waals surface area contributed by atoms with Crippen molar-refractivity contribution in [3.63, 3.8) is 0 Å². The van der Waals surface area contributed by atoms with Crippen molar-refractivity contribution in [2.75, 3.05) is 0 Å². The van der Waals surface area contributed by atoms with E-state index in [-0.39, 0.29) is 0 Å². The molecule has 0 aromatic rings. The van der Waals surface area contributed by atoms with E-state index in [2.05, 4.69) is 41.5 Å². The molecule has 0 saturated heterocycles. The fraction of sp³-hybridized carbons (Fsp3) is 1.00. The molecule has 0 aliphatic heterocycles. The Hall–Kier alpha value is 0.0200. The molecule has 28 heavy (non-hydrogen) atoms. The first kappa shape index (κ1) is 28.0. The summed E-state index contributed by atoms with van der Waals surface area (Å²) < 4.78 is 18.1. The second-order valence-electron chi connectivity index (χ2n) is 8.88. The largest absolute Gasteiger partial charge is 0.695 e. The first-order chi connectivity index (χ1) is 13.4. The zero-order valence-corrected chi connectivity index (χ0v) is 20.7. The van der Waals surface area contributed by atoms with Crippen molar-refractivity contribution in [2.24, 2.45) is 17.8 Å². The fourth-order valence-corrected chi connectivity index (χ4v) is 5.48. The highest BCUT2D eigenvalue weighted by atomic mass is 31.1.